The van der Waals surface area contributed by atoms with E-state index in [2.05, 4.69) is 20.2 Å². The average molecular weight is 365 g/mol. The second-order valence-electron chi connectivity index (χ2n) is 6.62. The quantitative estimate of drug-likeness (QED) is 0.750. The smallest absolute Gasteiger partial charge is 0.243 e. The molecular formula is C20H23N5O2. The van der Waals surface area contributed by atoms with E-state index in [0.717, 1.165) is 35.5 Å². The van der Waals surface area contributed by atoms with E-state index >= 15 is 0 Å². The van der Waals surface area contributed by atoms with Gasteiger partial charge in [0.25, 0.3) is 0 Å². The van der Waals surface area contributed by atoms with Crippen molar-refractivity contribution in [3.63, 3.8) is 0 Å². The van der Waals surface area contributed by atoms with E-state index in [-0.39, 0.29) is 11.9 Å². The van der Waals surface area contributed by atoms with Crippen LogP contribution in [0.2, 0.25) is 0 Å². The first kappa shape index (κ1) is 17.5. The van der Waals surface area contributed by atoms with Crippen molar-refractivity contribution >= 4 is 22.8 Å². The minimum atomic E-state index is -0.346. The van der Waals surface area contributed by atoms with E-state index < -0.39 is 0 Å². The Bertz CT molecular complexity index is 933. The van der Waals surface area contributed by atoms with E-state index in [4.69, 9.17) is 4.74 Å². The highest BCUT2D eigenvalue weighted by Crippen LogP contribution is 2.20. The molecule has 3 heterocycles. The summed E-state index contributed by atoms with van der Waals surface area (Å²) in [5, 5.41) is 3.05. The molecule has 2 aromatic heterocycles. The number of nitrogens with zero attached hydrogens (tertiary/aromatic N) is 4. The number of morpholine rings is 1. The van der Waals surface area contributed by atoms with E-state index in [1.165, 1.54) is 0 Å². The number of rotatable bonds is 5. The lowest BCUT2D eigenvalue weighted by atomic mass is 10.2. The normalized spacial score (nSPS) is 15.7. The fourth-order valence-electron chi connectivity index (χ4n) is 3.37. The van der Waals surface area contributed by atoms with Crippen LogP contribution in [0.4, 0.5) is 5.82 Å². The molecule has 1 saturated heterocycles. The second kappa shape index (κ2) is 7.75. The summed E-state index contributed by atoms with van der Waals surface area (Å²) >= 11 is 0. The number of imidazole rings is 1. The topological polar surface area (TPSA) is 72.3 Å². The molecule has 27 heavy (non-hydrogen) atoms. The van der Waals surface area contributed by atoms with Gasteiger partial charge in [0, 0.05) is 31.4 Å². The zero-order valence-electron chi connectivity index (χ0n) is 15.3. The van der Waals surface area contributed by atoms with Gasteiger partial charge in [0.05, 0.1) is 30.6 Å². The third-order valence-electron chi connectivity index (χ3n) is 4.91. The lowest BCUT2D eigenvalue weighted by molar-refractivity contribution is -0.123. The van der Waals surface area contributed by atoms with Crippen molar-refractivity contribution in [2.75, 3.05) is 31.2 Å². The first-order valence-corrected chi connectivity index (χ1v) is 9.20. The summed E-state index contributed by atoms with van der Waals surface area (Å²) in [6, 6.07) is 11.4. The van der Waals surface area contributed by atoms with Crippen LogP contribution >= 0.6 is 0 Å². The lowest BCUT2D eigenvalue weighted by Crippen LogP contribution is -2.38. The fourth-order valence-corrected chi connectivity index (χ4v) is 3.37. The maximum Gasteiger partial charge on any atom is 0.243 e. The molecule has 0 bridgehead atoms. The largest absolute Gasteiger partial charge is 0.378 e. The van der Waals surface area contributed by atoms with Crippen molar-refractivity contribution in [1.82, 2.24) is 19.9 Å². The van der Waals surface area contributed by atoms with Crippen LogP contribution in [0.25, 0.3) is 11.0 Å². The maximum absolute atomic E-state index is 12.7. The Morgan fingerprint density at radius 2 is 2.00 bits per heavy atom. The number of fused-ring (bicyclic) bond motifs is 1. The van der Waals surface area contributed by atoms with E-state index in [1.54, 1.807) is 12.5 Å². The van der Waals surface area contributed by atoms with E-state index in [0.29, 0.717) is 19.8 Å². The molecule has 4 rings (SSSR count). The summed E-state index contributed by atoms with van der Waals surface area (Å²) in [5.74, 6) is 0.872. The summed E-state index contributed by atoms with van der Waals surface area (Å²) in [6.07, 6.45) is 3.51. The van der Waals surface area contributed by atoms with Crippen LogP contribution in [-0.2, 0) is 16.1 Å². The van der Waals surface area contributed by atoms with Gasteiger partial charge in [-0.25, -0.2) is 9.97 Å². The van der Waals surface area contributed by atoms with Gasteiger partial charge in [-0.3, -0.25) is 4.79 Å². The number of amides is 1. The molecule has 0 spiro atoms. The summed E-state index contributed by atoms with van der Waals surface area (Å²) < 4.78 is 7.32. The van der Waals surface area contributed by atoms with Crippen molar-refractivity contribution in [3.05, 3.63) is 54.5 Å². The number of benzene rings is 1. The molecule has 0 aliphatic carbocycles. The Morgan fingerprint density at radius 3 is 2.85 bits per heavy atom. The molecule has 1 amide bonds. The highest BCUT2D eigenvalue weighted by molar-refractivity contribution is 5.83. The van der Waals surface area contributed by atoms with Crippen molar-refractivity contribution in [2.45, 2.75) is 19.5 Å². The number of pyridine rings is 1. The summed E-state index contributed by atoms with van der Waals surface area (Å²) in [6.45, 7) is 5.36. The third-order valence-corrected chi connectivity index (χ3v) is 4.91. The van der Waals surface area contributed by atoms with Crippen molar-refractivity contribution < 1.29 is 9.53 Å². The number of hydrogen-bond donors (Lipinski definition) is 1. The Hall–Kier alpha value is -2.93. The SMILES string of the molecule is C[C@H](C(=O)NCc1cccnc1N1CCOCC1)n1cnc2ccccc21. The Kier molecular flexibility index (Phi) is 5.02. The van der Waals surface area contributed by atoms with Gasteiger partial charge in [0.2, 0.25) is 5.91 Å². The maximum atomic E-state index is 12.7. The van der Waals surface area contributed by atoms with Crippen LogP contribution in [0.1, 0.15) is 18.5 Å². The Morgan fingerprint density at radius 1 is 1.19 bits per heavy atom. The molecule has 1 N–H and O–H groups in total. The van der Waals surface area contributed by atoms with Crippen LogP contribution in [0.15, 0.2) is 48.9 Å². The lowest BCUT2D eigenvalue weighted by Gasteiger charge is -2.29. The van der Waals surface area contributed by atoms with Gasteiger partial charge >= 0.3 is 0 Å². The molecule has 0 saturated carbocycles. The number of hydrogen-bond acceptors (Lipinski definition) is 5. The van der Waals surface area contributed by atoms with Crippen LogP contribution in [0.3, 0.4) is 0 Å². The molecular weight excluding hydrogens is 342 g/mol. The third kappa shape index (κ3) is 3.64. The minimum absolute atomic E-state index is 0.0464. The van der Waals surface area contributed by atoms with Crippen molar-refractivity contribution in [2.24, 2.45) is 0 Å². The van der Waals surface area contributed by atoms with Gasteiger partial charge in [-0.2, -0.15) is 0 Å². The monoisotopic (exact) mass is 365 g/mol. The molecule has 0 radical (unpaired) electrons. The number of aromatic nitrogens is 3. The minimum Gasteiger partial charge on any atom is -0.378 e. The Balaban J connectivity index is 1.46. The predicted molar refractivity (Wildman–Crippen MR) is 104 cm³/mol. The molecule has 1 fully saturated rings. The molecule has 3 aromatic rings. The molecule has 0 unspecified atom stereocenters. The van der Waals surface area contributed by atoms with Crippen LogP contribution in [0.5, 0.6) is 0 Å². The van der Waals surface area contributed by atoms with Crippen LogP contribution in [0, 0.1) is 0 Å². The number of carbonyl (C=O) groups excluding carboxylic acids is 1. The summed E-state index contributed by atoms with van der Waals surface area (Å²) in [4.78, 5) is 23.8. The molecule has 1 aliphatic heterocycles. The van der Waals surface area contributed by atoms with Gasteiger partial charge in [0.15, 0.2) is 0 Å². The fraction of sp³-hybridized carbons (Fsp3) is 0.350. The number of nitrogens with one attached hydrogen (secondary N) is 1. The van der Waals surface area contributed by atoms with Gasteiger partial charge in [-0.1, -0.05) is 18.2 Å². The van der Waals surface area contributed by atoms with Crippen molar-refractivity contribution in [1.29, 1.82) is 0 Å². The summed E-state index contributed by atoms with van der Waals surface area (Å²) in [7, 11) is 0. The van der Waals surface area contributed by atoms with Crippen LogP contribution in [-0.4, -0.2) is 46.7 Å². The zero-order valence-corrected chi connectivity index (χ0v) is 15.3. The number of anilines is 1. The second-order valence-corrected chi connectivity index (χ2v) is 6.62. The van der Waals surface area contributed by atoms with Gasteiger partial charge in [-0.05, 0) is 25.1 Å². The predicted octanol–water partition coefficient (Wildman–Crippen LogP) is 2.15. The first-order chi connectivity index (χ1) is 13.2. The van der Waals surface area contributed by atoms with E-state index in [9.17, 15) is 4.79 Å². The van der Waals surface area contributed by atoms with Crippen LogP contribution < -0.4 is 10.2 Å². The number of ether oxygens (including phenoxy) is 1. The molecule has 1 aromatic carbocycles. The molecule has 1 aliphatic rings. The zero-order chi connectivity index (χ0) is 18.6. The van der Waals surface area contributed by atoms with Gasteiger partial charge in [-0.15, -0.1) is 0 Å². The average Bonchev–Trinajstić information content (AvgIpc) is 3.16. The molecule has 7 heteroatoms. The van der Waals surface area contributed by atoms with E-state index in [1.807, 2.05) is 47.9 Å². The van der Waals surface area contributed by atoms with Gasteiger partial charge in [0.1, 0.15) is 11.9 Å². The first-order valence-electron chi connectivity index (χ1n) is 9.20. The summed E-state index contributed by atoms with van der Waals surface area (Å²) in [5.41, 5.74) is 2.85. The number of carbonyl (C=O) groups is 1. The number of para-hydroxylation sites is 2. The van der Waals surface area contributed by atoms with Gasteiger partial charge < -0.3 is 19.5 Å². The molecule has 140 valence electrons. The van der Waals surface area contributed by atoms with Crippen molar-refractivity contribution in [3.8, 4) is 0 Å². The standard InChI is InChI=1S/C20H23N5O2/c1-15(25-14-23-17-6-2-3-7-18(17)25)20(26)22-13-16-5-4-8-21-19(16)24-9-11-27-12-10-24/h2-8,14-15H,9-13H2,1H3,(H,22,26)/t15-/m1/s1. The Labute approximate surface area is 158 Å². The highest BCUT2D eigenvalue weighted by atomic mass is 16.5. The molecule has 1 atom stereocenters. The highest BCUT2D eigenvalue weighted by Gasteiger charge is 2.19. The molecule has 7 nitrogen and oxygen atoms in total.